The lowest BCUT2D eigenvalue weighted by atomic mass is 10.1. The average Bonchev–Trinajstić information content (AvgIpc) is 3.02. The van der Waals surface area contributed by atoms with Gasteiger partial charge < -0.3 is 19.7 Å². The third-order valence-electron chi connectivity index (χ3n) is 4.78. The van der Waals surface area contributed by atoms with Crippen LogP contribution in [-0.2, 0) is 20.9 Å². The first-order chi connectivity index (χ1) is 12.8. The van der Waals surface area contributed by atoms with Crippen LogP contribution < -0.4 is 10.1 Å². The van der Waals surface area contributed by atoms with Gasteiger partial charge in [0.1, 0.15) is 5.75 Å². The molecule has 0 radical (unpaired) electrons. The monoisotopic (exact) mass is 386 g/mol. The molecule has 0 saturated carbocycles. The minimum atomic E-state index is -4.74. The van der Waals surface area contributed by atoms with Crippen LogP contribution in [0.4, 0.5) is 13.2 Å². The summed E-state index contributed by atoms with van der Waals surface area (Å²) in [6, 6.07) is 5.43. The van der Waals surface area contributed by atoms with Crippen LogP contribution in [0.3, 0.4) is 0 Å². The van der Waals surface area contributed by atoms with Crippen molar-refractivity contribution in [2.45, 2.75) is 38.2 Å². The third-order valence-corrected chi connectivity index (χ3v) is 4.78. The molecule has 1 unspecified atom stereocenters. The van der Waals surface area contributed by atoms with E-state index in [4.69, 9.17) is 4.74 Å². The number of carbonyl (C=O) groups excluding carboxylic acids is 2. The summed E-state index contributed by atoms with van der Waals surface area (Å²) in [4.78, 5) is 26.3. The molecule has 2 heterocycles. The van der Waals surface area contributed by atoms with Crippen molar-refractivity contribution in [2.24, 2.45) is 5.92 Å². The molecule has 2 amide bonds. The molecule has 2 aliphatic rings. The third kappa shape index (κ3) is 5.35. The number of benzene rings is 1. The summed E-state index contributed by atoms with van der Waals surface area (Å²) in [5.74, 6) is -0.969. The molecule has 9 heteroatoms. The van der Waals surface area contributed by atoms with E-state index in [1.165, 1.54) is 24.3 Å². The van der Waals surface area contributed by atoms with Gasteiger partial charge in [0.2, 0.25) is 11.8 Å². The van der Waals surface area contributed by atoms with E-state index in [-0.39, 0.29) is 36.6 Å². The van der Waals surface area contributed by atoms with E-state index in [1.54, 1.807) is 4.90 Å². The Morgan fingerprint density at radius 2 is 1.89 bits per heavy atom. The second kappa shape index (κ2) is 8.16. The number of halogens is 3. The second-order valence-corrected chi connectivity index (χ2v) is 6.70. The largest absolute Gasteiger partial charge is 0.573 e. The van der Waals surface area contributed by atoms with Gasteiger partial charge in [-0.25, -0.2) is 0 Å². The summed E-state index contributed by atoms with van der Waals surface area (Å²) >= 11 is 0. The maximum absolute atomic E-state index is 12.4. The van der Waals surface area contributed by atoms with Crippen molar-refractivity contribution >= 4 is 11.8 Å². The van der Waals surface area contributed by atoms with Crippen LogP contribution in [0.2, 0.25) is 0 Å². The van der Waals surface area contributed by atoms with Gasteiger partial charge in [0.15, 0.2) is 0 Å². The molecular formula is C18H21F3N2O4. The van der Waals surface area contributed by atoms with E-state index in [0.717, 1.165) is 12.8 Å². The predicted octanol–water partition coefficient (Wildman–Crippen LogP) is 2.23. The van der Waals surface area contributed by atoms with Crippen LogP contribution in [0, 0.1) is 5.92 Å². The molecule has 148 valence electrons. The van der Waals surface area contributed by atoms with Gasteiger partial charge >= 0.3 is 6.36 Å². The number of nitrogens with one attached hydrogen (secondary N) is 1. The van der Waals surface area contributed by atoms with Crippen LogP contribution in [0.5, 0.6) is 5.75 Å². The smallest absolute Gasteiger partial charge is 0.406 e. The van der Waals surface area contributed by atoms with Crippen molar-refractivity contribution in [1.82, 2.24) is 10.2 Å². The first kappa shape index (κ1) is 19.5. The highest BCUT2D eigenvalue weighted by Crippen LogP contribution is 2.25. The normalized spacial score (nSPS) is 21.4. The van der Waals surface area contributed by atoms with E-state index in [0.29, 0.717) is 25.3 Å². The Kier molecular flexibility index (Phi) is 5.88. The van der Waals surface area contributed by atoms with Gasteiger partial charge in [-0.1, -0.05) is 12.1 Å². The zero-order valence-corrected chi connectivity index (χ0v) is 14.6. The lowest BCUT2D eigenvalue weighted by Gasteiger charge is -2.31. The van der Waals surface area contributed by atoms with Crippen LogP contribution in [-0.4, -0.2) is 48.9 Å². The Morgan fingerprint density at radius 3 is 2.52 bits per heavy atom. The van der Waals surface area contributed by atoms with Crippen molar-refractivity contribution in [3.8, 4) is 5.75 Å². The Hall–Kier alpha value is -2.29. The van der Waals surface area contributed by atoms with Crippen LogP contribution in [0.15, 0.2) is 24.3 Å². The van der Waals surface area contributed by atoms with Gasteiger partial charge in [-0.3, -0.25) is 9.59 Å². The molecule has 0 aromatic heterocycles. The lowest BCUT2D eigenvalue weighted by molar-refractivity contribution is -0.274. The Bertz CT molecular complexity index is 672. The summed E-state index contributed by atoms with van der Waals surface area (Å²) in [7, 11) is 0. The van der Waals surface area contributed by atoms with Crippen molar-refractivity contribution in [2.75, 3.05) is 19.8 Å². The molecule has 2 aliphatic heterocycles. The van der Waals surface area contributed by atoms with Crippen molar-refractivity contribution < 1.29 is 32.2 Å². The second-order valence-electron chi connectivity index (χ2n) is 6.70. The van der Waals surface area contributed by atoms with Crippen LogP contribution in [0.25, 0.3) is 0 Å². The Balaban J connectivity index is 1.48. The summed E-state index contributed by atoms with van der Waals surface area (Å²) in [6.45, 7) is 1.82. The molecule has 27 heavy (non-hydrogen) atoms. The number of carbonyl (C=O) groups is 2. The zero-order valence-electron chi connectivity index (χ0n) is 14.6. The van der Waals surface area contributed by atoms with E-state index in [9.17, 15) is 22.8 Å². The topological polar surface area (TPSA) is 67.9 Å². The molecule has 2 fully saturated rings. The van der Waals surface area contributed by atoms with Gasteiger partial charge in [0.25, 0.3) is 0 Å². The zero-order chi connectivity index (χ0) is 19.4. The fourth-order valence-electron chi connectivity index (χ4n) is 3.40. The van der Waals surface area contributed by atoms with Crippen molar-refractivity contribution in [3.05, 3.63) is 29.8 Å². The van der Waals surface area contributed by atoms with E-state index >= 15 is 0 Å². The molecule has 1 aromatic rings. The summed E-state index contributed by atoms with van der Waals surface area (Å²) in [5.41, 5.74) is 0.642. The number of ether oxygens (including phenoxy) is 2. The molecule has 6 nitrogen and oxygen atoms in total. The van der Waals surface area contributed by atoms with Crippen LogP contribution >= 0.6 is 0 Å². The minimum Gasteiger partial charge on any atom is -0.406 e. The molecule has 1 atom stereocenters. The van der Waals surface area contributed by atoms with Gasteiger partial charge in [-0.05, 0) is 30.5 Å². The van der Waals surface area contributed by atoms with Crippen LogP contribution in [0.1, 0.15) is 24.8 Å². The number of alkyl halides is 3. The molecule has 3 rings (SSSR count). The number of amides is 2. The fraction of sp³-hybridized carbons (Fsp3) is 0.556. The average molecular weight is 386 g/mol. The van der Waals surface area contributed by atoms with E-state index < -0.39 is 12.3 Å². The highest BCUT2D eigenvalue weighted by molar-refractivity contribution is 5.89. The predicted molar refractivity (Wildman–Crippen MR) is 88.6 cm³/mol. The van der Waals surface area contributed by atoms with E-state index in [1.807, 2.05) is 0 Å². The van der Waals surface area contributed by atoms with Gasteiger partial charge in [-0.15, -0.1) is 13.2 Å². The van der Waals surface area contributed by atoms with Gasteiger partial charge in [0.05, 0.1) is 5.92 Å². The summed E-state index contributed by atoms with van der Waals surface area (Å²) in [5, 5.41) is 2.75. The molecular weight excluding hydrogens is 365 g/mol. The molecule has 0 spiro atoms. The highest BCUT2D eigenvalue weighted by Gasteiger charge is 2.38. The minimum absolute atomic E-state index is 0.0179. The number of hydrogen-bond donors (Lipinski definition) is 1. The molecule has 0 aliphatic carbocycles. The molecule has 1 N–H and O–H groups in total. The number of likely N-dealkylation sites (tertiary alicyclic amines) is 1. The van der Waals surface area contributed by atoms with Gasteiger partial charge in [-0.2, -0.15) is 0 Å². The number of hydrogen-bond acceptors (Lipinski definition) is 4. The molecule has 1 aromatic carbocycles. The lowest BCUT2D eigenvalue weighted by Crippen LogP contribution is -2.41. The van der Waals surface area contributed by atoms with Crippen molar-refractivity contribution in [3.63, 3.8) is 0 Å². The quantitative estimate of drug-likeness (QED) is 0.843. The SMILES string of the molecule is O=C(NCc1ccc(OC(F)(F)F)cc1)C1CC(=O)N(C2CCOCC2)C1. The number of nitrogens with zero attached hydrogens (tertiary/aromatic N) is 1. The summed E-state index contributed by atoms with van der Waals surface area (Å²) in [6.07, 6.45) is -2.98. The standard InChI is InChI=1S/C18H21F3N2O4/c19-18(20,21)27-15-3-1-12(2-4-15)10-22-17(25)13-9-16(24)23(11-13)14-5-7-26-8-6-14/h1-4,13-14H,5-11H2,(H,22,25). The highest BCUT2D eigenvalue weighted by atomic mass is 19.4. The first-order valence-corrected chi connectivity index (χ1v) is 8.81. The Labute approximate surface area is 154 Å². The number of rotatable bonds is 5. The van der Waals surface area contributed by atoms with E-state index in [2.05, 4.69) is 10.1 Å². The maximum atomic E-state index is 12.4. The fourth-order valence-corrected chi connectivity index (χ4v) is 3.40. The Morgan fingerprint density at radius 1 is 1.22 bits per heavy atom. The first-order valence-electron chi connectivity index (χ1n) is 8.81. The molecule has 2 saturated heterocycles. The molecule has 0 bridgehead atoms. The summed E-state index contributed by atoms with van der Waals surface area (Å²) < 4.78 is 45.6. The maximum Gasteiger partial charge on any atom is 0.573 e. The van der Waals surface area contributed by atoms with Gasteiger partial charge in [0, 0.05) is 38.8 Å². The van der Waals surface area contributed by atoms with Crippen molar-refractivity contribution in [1.29, 1.82) is 0 Å².